The largest absolute Gasteiger partial charge is 0.508 e. The summed E-state index contributed by atoms with van der Waals surface area (Å²) < 4.78 is 6.06. The molecule has 2 aromatic rings. The lowest BCUT2D eigenvalue weighted by Crippen LogP contribution is -2.48. The van der Waals surface area contributed by atoms with E-state index in [4.69, 9.17) is 4.52 Å². The minimum atomic E-state index is -0.796. The molecule has 30 heavy (non-hydrogen) atoms. The zero-order chi connectivity index (χ0) is 22.0. The summed E-state index contributed by atoms with van der Waals surface area (Å²) in [6, 6.07) is 5.94. The number of amides is 2. The van der Waals surface area contributed by atoms with Crippen molar-refractivity contribution < 1.29 is 24.3 Å². The van der Waals surface area contributed by atoms with Gasteiger partial charge >= 0.3 is 0 Å². The highest BCUT2D eigenvalue weighted by Crippen LogP contribution is 2.31. The van der Waals surface area contributed by atoms with E-state index in [1.54, 1.807) is 31.2 Å². The van der Waals surface area contributed by atoms with Gasteiger partial charge in [-0.25, -0.2) is 0 Å². The number of likely N-dealkylation sites (tertiary alicyclic amines) is 1. The summed E-state index contributed by atoms with van der Waals surface area (Å²) in [7, 11) is 0. The van der Waals surface area contributed by atoms with Gasteiger partial charge in [0.2, 0.25) is 11.8 Å². The van der Waals surface area contributed by atoms with Crippen LogP contribution < -0.4 is 5.32 Å². The molecule has 3 unspecified atom stereocenters. The van der Waals surface area contributed by atoms with Gasteiger partial charge in [0, 0.05) is 35.6 Å². The number of aliphatic hydroxyl groups excluding tert-OH is 1. The Morgan fingerprint density at radius 1 is 1.37 bits per heavy atom. The van der Waals surface area contributed by atoms with Gasteiger partial charge in [0.15, 0.2) is 0 Å². The van der Waals surface area contributed by atoms with Crippen LogP contribution in [0.25, 0.3) is 0 Å². The Morgan fingerprint density at radius 3 is 2.70 bits per heavy atom. The summed E-state index contributed by atoms with van der Waals surface area (Å²) in [5.74, 6) is -0.811. The molecule has 0 aliphatic carbocycles. The summed E-state index contributed by atoms with van der Waals surface area (Å²) in [6.07, 6.45) is -0.625. The number of aliphatic hydroxyl groups is 1. The fraction of sp³-hybridized carbons (Fsp3) is 0.476. The molecule has 1 aromatic carbocycles. The highest BCUT2D eigenvalue weighted by Gasteiger charge is 2.43. The van der Waals surface area contributed by atoms with E-state index in [-0.39, 0.29) is 43.0 Å². The molecule has 1 aliphatic heterocycles. The van der Waals surface area contributed by atoms with E-state index in [9.17, 15) is 19.8 Å². The standard InChI is InChI=1S/C21H26BrN3O5/c1-11(2)19(18-6-12(3)24-30-18)21(29)25-10-15(26)8-16(25)20(28)23-9-13-4-5-14(22)7-17(13)27/h4-7,11,15-16,19,26-27H,8-10H2,1-3H3,(H,23,28). The van der Waals surface area contributed by atoms with Crippen molar-refractivity contribution in [3.63, 3.8) is 0 Å². The highest BCUT2D eigenvalue weighted by atomic mass is 79.9. The van der Waals surface area contributed by atoms with Gasteiger partial charge in [-0.1, -0.05) is 41.0 Å². The van der Waals surface area contributed by atoms with Crippen molar-refractivity contribution in [3.05, 3.63) is 45.8 Å². The van der Waals surface area contributed by atoms with E-state index in [1.165, 1.54) is 4.90 Å². The Balaban J connectivity index is 1.75. The van der Waals surface area contributed by atoms with E-state index in [1.807, 2.05) is 13.8 Å². The molecule has 3 atom stereocenters. The lowest BCUT2D eigenvalue weighted by Gasteiger charge is -2.28. The number of phenolic OH excluding ortho intramolecular Hbond substituents is 1. The second-order valence-electron chi connectivity index (χ2n) is 7.98. The van der Waals surface area contributed by atoms with Crippen LogP contribution in [-0.4, -0.2) is 50.8 Å². The Kier molecular flexibility index (Phi) is 6.82. The molecule has 3 N–H and O–H groups in total. The number of phenols is 1. The molecule has 162 valence electrons. The number of aromatic hydroxyl groups is 1. The maximum absolute atomic E-state index is 13.3. The van der Waals surface area contributed by atoms with Crippen molar-refractivity contribution in [3.8, 4) is 5.75 Å². The number of halogens is 1. The van der Waals surface area contributed by atoms with Gasteiger partial charge in [-0.3, -0.25) is 9.59 Å². The Morgan fingerprint density at radius 2 is 2.10 bits per heavy atom. The van der Waals surface area contributed by atoms with Crippen LogP contribution in [0.3, 0.4) is 0 Å². The topological polar surface area (TPSA) is 116 Å². The van der Waals surface area contributed by atoms with E-state index in [0.29, 0.717) is 17.0 Å². The van der Waals surface area contributed by atoms with E-state index in [2.05, 4.69) is 26.4 Å². The van der Waals surface area contributed by atoms with Crippen LogP contribution in [0.15, 0.2) is 33.3 Å². The Hall–Kier alpha value is -2.39. The third-order valence-corrected chi connectivity index (χ3v) is 5.74. The molecular formula is C21H26BrN3O5. The fourth-order valence-corrected chi connectivity index (χ4v) is 4.09. The molecule has 1 saturated heterocycles. The monoisotopic (exact) mass is 479 g/mol. The van der Waals surface area contributed by atoms with Crippen LogP contribution >= 0.6 is 15.9 Å². The predicted molar refractivity (Wildman–Crippen MR) is 113 cm³/mol. The Bertz CT molecular complexity index is 929. The summed E-state index contributed by atoms with van der Waals surface area (Å²) in [6.45, 7) is 5.77. The normalized spacial score (nSPS) is 19.9. The smallest absolute Gasteiger partial charge is 0.243 e. The average Bonchev–Trinajstić information content (AvgIpc) is 3.26. The molecule has 1 aliphatic rings. The van der Waals surface area contributed by atoms with Crippen LogP contribution in [0.2, 0.25) is 0 Å². The third kappa shape index (κ3) is 4.84. The second kappa shape index (κ2) is 9.18. The van der Waals surface area contributed by atoms with Gasteiger partial charge in [0.1, 0.15) is 23.5 Å². The van der Waals surface area contributed by atoms with Crippen LogP contribution in [0.1, 0.15) is 43.2 Å². The lowest BCUT2D eigenvalue weighted by atomic mass is 9.91. The summed E-state index contributed by atoms with van der Waals surface area (Å²) in [5, 5.41) is 26.8. The lowest BCUT2D eigenvalue weighted by molar-refractivity contribution is -0.141. The van der Waals surface area contributed by atoms with Crippen molar-refractivity contribution in [2.75, 3.05) is 6.54 Å². The highest BCUT2D eigenvalue weighted by molar-refractivity contribution is 9.10. The summed E-state index contributed by atoms with van der Waals surface area (Å²) >= 11 is 3.28. The minimum absolute atomic E-state index is 0.0598. The van der Waals surface area contributed by atoms with Gasteiger partial charge < -0.3 is 25.0 Å². The number of nitrogens with zero attached hydrogens (tertiary/aromatic N) is 2. The summed E-state index contributed by atoms with van der Waals surface area (Å²) in [5.41, 5.74) is 1.23. The van der Waals surface area contributed by atoms with Crippen LogP contribution in [0.5, 0.6) is 5.75 Å². The number of benzene rings is 1. The first-order valence-electron chi connectivity index (χ1n) is 9.84. The number of rotatable bonds is 6. The van der Waals surface area contributed by atoms with Gasteiger partial charge in [0.25, 0.3) is 0 Å². The van der Waals surface area contributed by atoms with E-state index < -0.39 is 18.1 Å². The molecule has 0 spiro atoms. The van der Waals surface area contributed by atoms with Crippen molar-refractivity contribution in [1.82, 2.24) is 15.4 Å². The van der Waals surface area contributed by atoms with E-state index in [0.717, 1.165) is 4.47 Å². The number of aryl methyl sites for hydroxylation is 1. The zero-order valence-electron chi connectivity index (χ0n) is 17.1. The molecule has 0 saturated carbocycles. The number of hydrogen-bond donors (Lipinski definition) is 3. The Labute approximate surface area is 183 Å². The number of carbonyl (C=O) groups excluding carboxylic acids is 2. The number of aromatic nitrogens is 1. The predicted octanol–water partition coefficient (Wildman–Crippen LogP) is 2.47. The van der Waals surface area contributed by atoms with Gasteiger partial charge in [-0.05, 0) is 25.0 Å². The van der Waals surface area contributed by atoms with Gasteiger partial charge in [0.05, 0.1) is 11.8 Å². The minimum Gasteiger partial charge on any atom is -0.508 e. The molecule has 2 heterocycles. The molecule has 3 rings (SSSR count). The average molecular weight is 480 g/mol. The first-order valence-corrected chi connectivity index (χ1v) is 10.6. The number of nitrogens with one attached hydrogen (secondary N) is 1. The van der Waals surface area contributed by atoms with Crippen molar-refractivity contribution in [2.45, 2.75) is 51.8 Å². The molecule has 1 aromatic heterocycles. The van der Waals surface area contributed by atoms with Gasteiger partial charge in [-0.2, -0.15) is 0 Å². The second-order valence-corrected chi connectivity index (χ2v) is 8.89. The molecule has 0 radical (unpaired) electrons. The van der Waals surface area contributed by atoms with Gasteiger partial charge in [-0.15, -0.1) is 0 Å². The molecule has 2 amide bonds. The SMILES string of the molecule is Cc1cc(C(C(=O)N2CC(O)CC2C(=O)NCc2ccc(Br)cc2O)C(C)C)on1. The molecule has 1 fully saturated rings. The van der Waals surface area contributed by atoms with E-state index >= 15 is 0 Å². The number of carbonyl (C=O) groups is 2. The maximum atomic E-state index is 13.3. The quantitative estimate of drug-likeness (QED) is 0.585. The number of β-amino-alcohol motifs (C(OH)–C–C–N with tert-alkyl or cyclic N) is 1. The maximum Gasteiger partial charge on any atom is 0.243 e. The van der Waals surface area contributed by atoms with Crippen LogP contribution in [0.4, 0.5) is 0 Å². The number of hydrogen-bond acceptors (Lipinski definition) is 6. The van der Waals surface area contributed by atoms with Crippen LogP contribution in [0, 0.1) is 12.8 Å². The van der Waals surface area contributed by atoms with Crippen molar-refractivity contribution in [1.29, 1.82) is 0 Å². The zero-order valence-corrected chi connectivity index (χ0v) is 18.7. The first-order chi connectivity index (χ1) is 14.2. The van der Waals surface area contributed by atoms with Crippen molar-refractivity contribution in [2.24, 2.45) is 5.92 Å². The van der Waals surface area contributed by atoms with Crippen molar-refractivity contribution >= 4 is 27.7 Å². The molecule has 8 nitrogen and oxygen atoms in total. The molecular weight excluding hydrogens is 454 g/mol. The fourth-order valence-electron chi connectivity index (χ4n) is 3.74. The molecule has 9 heteroatoms. The first kappa shape index (κ1) is 22.3. The molecule has 0 bridgehead atoms. The third-order valence-electron chi connectivity index (χ3n) is 5.25. The van der Waals surface area contributed by atoms with Crippen LogP contribution in [-0.2, 0) is 16.1 Å². The summed E-state index contributed by atoms with van der Waals surface area (Å²) in [4.78, 5) is 27.6.